The van der Waals surface area contributed by atoms with E-state index >= 15 is 0 Å². The van der Waals surface area contributed by atoms with Gasteiger partial charge in [-0.15, -0.1) is 12.4 Å². The molecule has 2 rings (SSSR count). The number of nitrogens with zero attached hydrogens (tertiary/aromatic N) is 1. The first-order chi connectivity index (χ1) is 6.33. The molecule has 1 heterocycles. The van der Waals surface area contributed by atoms with E-state index < -0.39 is 0 Å². The number of anilines is 1. The number of para-hydroxylation sites is 1. The van der Waals surface area contributed by atoms with E-state index in [2.05, 4.69) is 36.2 Å². The molecule has 0 aliphatic carbocycles. The summed E-state index contributed by atoms with van der Waals surface area (Å²) < 4.78 is 0. The average Bonchev–Trinajstić information content (AvgIpc) is 2.19. The normalized spacial score (nSPS) is 19.9. The van der Waals surface area contributed by atoms with Gasteiger partial charge in [0.1, 0.15) is 0 Å². The lowest BCUT2D eigenvalue weighted by molar-refractivity contribution is 0.601. The highest BCUT2D eigenvalue weighted by Crippen LogP contribution is 2.33. The molecule has 0 saturated carbocycles. The van der Waals surface area contributed by atoms with Gasteiger partial charge >= 0.3 is 0 Å². The minimum Gasteiger partial charge on any atom is -0.374 e. The van der Waals surface area contributed by atoms with E-state index in [-0.39, 0.29) is 12.4 Å². The van der Waals surface area contributed by atoms with Gasteiger partial charge in [0.25, 0.3) is 0 Å². The van der Waals surface area contributed by atoms with Gasteiger partial charge in [-0.25, -0.2) is 0 Å². The highest BCUT2D eigenvalue weighted by molar-refractivity contribution is 5.85. The predicted octanol–water partition coefficient (Wildman–Crippen LogP) is 1.99. The molecule has 0 spiro atoms. The van der Waals surface area contributed by atoms with Crippen LogP contribution < -0.4 is 10.6 Å². The van der Waals surface area contributed by atoms with Crippen molar-refractivity contribution < 1.29 is 0 Å². The van der Waals surface area contributed by atoms with E-state index in [9.17, 15) is 0 Å². The number of fused-ring (bicyclic) bond motifs is 1. The number of hydrogen-bond donors (Lipinski definition) is 1. The van der Waals surface area contributed by atoms with Crippen LogP contribution in [-0.4, -0.2) is 20.1 Å². The Kier molecular flexibility index (Phi) is 3.78. The maximum Gasteiger partial charge on any atom is 0.0399 e. The molecule has 0 aromatic heterocycles. The van der Waals surface area contributed by atoms with Crippen molar-refractivity contribution >= 4 is 18.1 Å². The van der Waals surface area contributed by atoms with Crippen LogP contribution in [0.2, 0.25) is 0 Å². The molecular formula is C11H17ClN2. The number of halogens is 1. The molecule has 14 heavy (non-hydrogen) atoms. The van der Waals surface area contributed by atoms with Crippen molar-refractivity contribution in [2.45, 2.75) is 12.3 Å². The lowest BCUT2D eigenvalue weighted by Crippen LogP contribution is -2.29. The number of hydrogen-bond acceptors (Lipinski definition) is 2. The lowest BCUT2D eigenvalue weighted by Gasteiger charge is -2.32. The molecule has 0 radical (unpaired) electrons. The van der Waals surface area contributed by atoms with Gasteiger partial charge in [-0.1, -0.05) is 18.2 Å². The molecule has 1 unspecified atom stereocenters. The van der Waals surface area contributed by atoms with Gasteiger partial charge in [-0.2, -0.15) is 0 Å². The maximum atomic E-state index is 5.75. The summed E-state index contributed by atoms with van der Waals surface area (Å²) in [5.74, 6) is 0.562. The molecule has 0 amide bonds. The third-order valence-corrected chi connectivity index (χ3v) is 2.89. The second kappa shape index (κ2) is 4.67. The molecule has 78 valence electrons. The largest absolute Gasteiger partial charge is 0.374 e. The van der Waals surface area contributed by atoms with Crippen LogP contribution in [0.1, 0.15) is 17.9 Å². The molecule has 0 fully saturated rings. The highest BCUT2D eigenvalue weighted by atomic mass is 35.5. The summed E-state index contributed by atoms with van der Waals surface area (Å²) in [6.07, 6.45) is 1.18. The van der Waals surface area contributed by atoms with Crippen molar-refractivity contribution in [3.63, 3.8) is 0 Å². The van der Waals surface area contributed by atoms with Crippen LogP contribution >= 0.6 is 12.4 Å². The Balaban J connectivity index is 0.000000980. The molecule has 1 atom stereocenters. The van der Waals surface area contributed by atoms with Crippen LogP contribution in [-0.2, 0) is 0 Å². The van der Waals surface area contributed by atoms with Crippen LogP contribution in [0.25, 0.3) is 0 Å². The Labute approximate surface area is 91.5 Å². The van der Waals surface area contributed by atoms with Gasteiger partial charge in [-0.05, 0) is 30.5 Å². The quantitative estimate of drug-likeness (QED) is 0.772. The molecule has 1 aliphatic heterocycles. The average molecular weight is 213 g/mol. The van der Waals surface area contributed by atoms with Gasteiger partial charge in [-0.3, -0.25) is 0 Å². The van der Waals surface area contributed by atoms with Crippen LogP contribution in [0.15, 0.2) is 24.3 Å². The number of nitrogens with two attached hydrogens (primary N) is 1. The SMILES string of the molecule is CN1CCC(CN)c2ccccc21.Cl. The van der Waals surface area contributed by atoms with Crippen molar-refractivity contribution in [1.82, 2.24) is 0 Å². The molecule has 3 heteroatoms. The minimum absolute atomic E-state index is 0. The molecule has 2 nitrogen and oxygen atoms in total. The molecule has 0 saturated heterocycles. The fraction of sp³-hybridized carbons (Fsp3) is 0.455. The summed E-state index contributed by atoms with van der Waals surface area (Å²) in [5.41, 5.74) is 8.51. The maximum absolute atomic E-state index is 5.75. The first kappa shape index (κ1) is 11.3. The monoisotopic (exact) mass is 212 g/mol. The topological polar surface area (TPSA) is 29.3 Å². The smallest absolute Gasteiger partial charge is 0.0399 e. The summed E-state index contributed by atoms with van der Waals surface area (Å²) >= 11 is 0. The molecular weight excluding hydrogens is 196 g/mol. The highest BCUT2D eigenvalue weighted by Gasteiger charge is 2.20. The standard InChI is InChI=1S/C11H16N2.ClH/c1-13-7-6-9(8-12)10-4-2-3-5-11(10)13;/h2-5,9H,6-8,12H2,1H3;1H. The Bertz CT molecular complexity index is 301. The fourth-order valence-electron chi connectivity index (χ4n) is 2.05. The first-order valence-electron chi connectivity index (χ1n) is 4.83. The van der Waals surface area contributed by atoms with E-state index in [0.717, 1.165) is 13.1 Å². The van der Waals surface area contributed by atoms with E-state index in [1.165, 1.54) is 17.7 Å². The summed E-state index contributed by atoms with van der Waals surface area (Å²) in [7, 11) is 2.14. The Morgan fingerprint density at radius 2 is 2.14 bits per heavy atom. The van der Waals surface area contributed by atoms with Crippen molar-refractivity contribution in [3.8, 4) is 0 Å². The summed E-state index contributed by atoms with van der Waals surface area (Å²) in [4.78, 5) is 2.31. The summed E-state index contributed by atoms with van der Waals surface area (Å²) in [5, 5.41) is 0. The molecule has 0 bridgehead atoms. The zero-order chi connectivity index (χ0) is 9.26. The van der Waals surface area contributed by atoms with Gasteiger partial charge in [0, 0.05) is 19.3 Å². The Hall–Kier alpha value is -0.730. The molecule has 1 aliphatic rings. The predicted molar refractivity (Wildman–Crippen MR) is 63.4 cm³/mol. The zero-order valence-corrected chi connectivity index (χ0v) is 9.26. The van der Waals surface area contributed by atoms with Crippen molar-refractivity contribution in [1.29, 1.82) is 0 Å². The second-order valence-corrected chi connectivity index (χ2v) is 3.70. The Morgan fingerprint density at radius 3 is 2.86 bits per heavy atom. The summed E-state index contributed by atoms with van der Waals surface area (Å²) in [6.45, 7) is 1.89. The first-order valence-corrected chi connectivity index (χ1v) is 4.83. The van der Waals surface area contributed by atoms with Crippen molar-refractivity contribution in [2.24, 2.45) is 5.73 Å². The van der Waals surface area contributed by atoms with Gasteiger partial charge in [0.2, 0.25) is 0 Å². The van der Waals surface area contributed by atoms with Crippen LogP contribution in [0.4, 0.5) is 5.69 Å². The van der Waals surface area contributed by atoms with Gasteiger partial charge in [0.15, 0.2) is 0 Å². The third kappa shape index (κ3) is 1.86. The van der Waals surface area contributed by atoms with Crippen LogP contribution in [0.5, 0.6) is 0 Å². The third-order valence-electron chi connectivity index (χ3n) is 2.89. The fourth-order valence-corrected chi connectivity index (χ4v) is 2.05. The lowest BCUT2D eigenvalue weighted by atomic mass is 9.90. The van der Waals surface area contributed by atoms with Crippen LogP contribution in [0, 0.1) is 0 Å². The number of rotatable bonds is 1. The van der Waals surface area contributed by atoms with E-state index in [0.29, 0.717) is 5.92 Å². The zero-order valence-electron chi connectivity index (χ0n) is 8.44. The Morgan fingerprint density at radius 1 is 1.43 bits per heavy atom. The number of benzene rings is 1. The summed E-state index contributed by atoms with van der Waals surface area (Å²) in [6, 6.07) is 8.56. The minimum atomic E-state index is 0. The van der Waals surface area contributed by atoms with Crippen molar-refractivity contribution in [2.75, 3.05) is 25.0 Å². The molecule has 1 aromatic rings. The molecule has 2 N–H and O–H groups in total. The second-order valence-electron chi connectivity index (χ2n) is 3.70. The van der Waals surface area contributed by atoms with Crippen LogP contribution in [0.3, 0.4) is 0 Å². The van der Waals surface area contributed by atoms with E-state index in [1.807, 2.05) is 0 Å². The molecule has 1 aromatic carbocycles. The van der Waals surface area contributed by atoms with Crippen molar-refractivity contribution in [3.05, 3.63) is 29.8 Å². The van der Waals surface area contributed by atoms with E-state index in [1.54, 1.807) is 0 Å². The van der Waals surface area contributed by atoms with Gasteiger partial charge < -0.3 is 10.6 Å². The van der Waals surface area contributed by atoms with Gasteiger partial charge in [0.05, 0.1) is 0 Å². The van der Waals surface area contributed by atoms with E-state index in [4.69, 9.17) is 5.73 Å².